The first kappa shape index (κ1) is 34.1. The van der Waals surface area contributed by atoms with Crippen molar-refractivity contribution in [1.82, 2.24) is 20.1 Å². The number of benzene rings is 2. The summed E-state index contributed by atoms with van der Waals surface area (Å²) in [5, 5.41) is 12.3. The first-order chi connectivity index (χ1) is 23.3. The second-order valence-electron chi connectivity index (χ2n) is 12.8. The van der Waals surface area contributed by atoms with E-state index in [1.54, 1.807) is 67.0 Å². The Labute approximate surface area is 285 Å². The molecule has 2 saturated heterocycles. The molecule has 15 heteroatoms. The van der Waals surface area contributed by atoms with E-state index in [2.05, 4.69) is 20.5 Å². The van der Waals surface area contributed by atoms with Crippen LogP contribution in [0, 0.1) is 0 Å². The number of aromatic nitrogens is 3. The number of nitrogens with one attached hydrogen (secondary N) is 1. The lowest BCUT2D eigenvalue weighted by atomic mass is 9.89. The van der Waals surface area contributed by atoms with Gasteiger partial charge in [-0.1, -0.05) is 18.2 Å². The van der Waals surface area contributed by atoms with Crippen LogP contribution in [0.4, 0.5) is 29.3 Å². The van der Waals surface area contributed by atoms with E-state index in [1.165, 1.54) is 41.2 Å². The summed E-state index contributed by atoms with van der Waals surface area (Å²) in [6, 6.07) is 12.5. The van der Waals surface area contributed by atoms with Crippen molar-refractivity contribution in [3.05, 3.63) is 77.6 Å². The number of alkyl halides is 3. The summed E-state index contributed by atoms with van der Waals surface area (Å²) < 4.78 is 63.1. The number of anilines is 2. The standard InChI is InChI=1S/C34H35F3N6O5S/c1-32(2,3)48-31(45)42-15-12-33(13-16-42)21-43(17-18-46-33)28-24(40-29(44)25-20-49-30(41-25)22-11-14-38-39-19-22)9-10-26(27(28)34(35,36)37)47-23-7-5-4-6-8-23/h4-11,14,19-20H,12-13,15-18,21H2,1-3H3,(H,40,44). The number of rotatable bonds is 6. The van der Waals surface area contributed by atoms with Crippen molar-refractivity contribution in [3.8, 4) is 22.1 Å². The molecule has 2 fully saturated rings. The average Bonchev–Trinajstić information content (AvgIpc) is 3.56. The maximum absolute atomic E-state index is 15.2. The van der Waals surface area contributed by atoms with Crippen LogP contribution in [0.25, 0.3) is 10.6 Å². The highest BCUT2D eigenvalue weighted by Crippen LogP contribution is 2.49. The normalized spacial score (nSPS) is 16.4. The predicted molar refractivity (Wildman–Crippen MR) is 177 cm³/mol. The van der Waals surface area contributed by atoms with Crippen LogP contribution >= 0.6 is 11.3 Å². The van der Waals surface area contributed by atoms with E-state index in [1.807, 2.05) is 0 Å². The number of hydrogen-bond acceptors (Lipinski definition) is 10. The van der Waals surface area contributed by atoms with Crippen molar-refractivity contribution >= 4 is 34.7 Å². The summed E-state index contributed by atoms with van der Waals surface area (Å²) in [6.45, 7) is 6.33. The zero-order chi connectivity index (χ0) is 34.8. The summed E-state index contributed by atoms with van der Waals surface area (Å²) in [5.41, 5.74) is -2.13. The fourth-order valence-electron chi connectivity index (χ4n) is 5.85. The molecule has 4 aromatic rings. The molecule has 2 amide bonds. The predicted octanol–water partition coefficient (Wildman–Crippen LogP) is 7.27. The Morgan fingerprint density at radius 2 is 1.76 bits per heavy atom. The molecule has 0 bridgehead atoms. The van der Waals surface area contributed by atoms with Gasteiger partial charge in [-0.3, -0.25) is 4.79 Å². The number of nitrogens with zero attached hydrogens (tertiary/aromatic N) is 5. The van der Waals surface area contributed by atoms with Crippen molar-refractivity contribution in [2.75, 3.05) is 43.0 Å². The summed E-state index contributed by atoms with van der Waals surface area (Å²) in [7, 11) is 0. The first-order valence-corrected chi connectivity index (χ1v) is 16.6. The number of piperidine rings is 1. The fraction of sp³-hybridized carbons (Fsp3) is 0.382. The Kier molecular flexibility index (Phi) is 9.49. The van der Waals surface area contributed by atoms with E-state index in [-0.39, 0.29) is 42.5 Å². The lowest BCUT2D eigenvalue weighted by molar-refractivity contribution is -0.138. The SMILES string of the molecule is CC(C)(C)OC(=O)N1CCC2(CC1)CN(c1c(NC(=O)c3csc(-c4ccnnc4)n3)ccc(Oc3ccccc3)c1C(F)(F)F)CCO2. The second kappa shape index (κ2) is 13.6. The number of likely N-dealkylation sites (tertiary alicyclic amines) is 1. The van der Waals surface area contributed by atoms with Gasteiger partial charge in [-0.2, -0.15) is 23.4 Å². The van der Waals surface area contributed by atoms with Crippen LogP contribution in [-0.2, 0) is 15.7 Å². The Hall–Kier alpha value is -4.76. The molecule has 0 atom stereocenters. The van der Waals surface area contributed by atoms with Gasteiger partial charge >= 0.3 is 12.3 Å². The quantitative estimate of drug-likeness (QED) is 0.222. The number of para-hydroxylation sites is 1. The zero-order valence-electron chi connectivity index (χ0n) is 27.1. The number of ether oxygens (including phenoxy) is 3. The zero-order valence-corrected chi connectivity index (χ0v) is 27.9. The first-order valence-electron chi connectivity index (χ1n) is 15.7. The van der Waals surface area contributed by atoms with Crippen LogP contribution in [0.2, 0.25) is 0 Å². The largest absolute Gasteiger partial charge is 0.457 e. The van der Waals surface area contributed by atoms with Gasteiger partial charge in [-0.25, -0.2) is 9.78 Å². The monoisotopic (exact) mass is 696 g/mol. The van der Waals surface area contributed by atoms with Gasteiger partial charge in [0.25, 0.3) is 5.91 Å². The third-order valence-electron chi connectivity index (χ3n) is 8.10. The van der Waals surface area contributed by atoms with Crippen LogP contribution < -0.4 is 15.0 Å². The Balaban J connectivity index is 1.34. The van der Waals surface area contributed by atoms with Crippen molar-refractivity contribution in [2.24, 2.45) is 0 Å². The highest BCUT2D eigenvalue weighted by Gasteiger charge is 2.46. The molecule has 0 radical (unpaired) electrons. The molecule has 0 unspecified atom stereocenters. The van der Waals surface area contributed by atoms with Crippen molar-refractivity contribution in [2.45, 2.75) is 51.0 Å². The molecule has 2 aliphatic heterocycles. The number of halogens is 3. The molecule has 2 aromatic heterocycles. The molecule has 49 heavy (non-hydrogen) atoms. The molecule has 0 saturated carbocycles. The van der Waals surface area contributed by atoms with Crippen LogP contribution in [0.1, 0.15) is 49.7 Å². The minimum Gasteiger partial charge on any atom is -0.457 e. The average molecular weight is 697 g/mol. The molecule has 2 aliphatic rings. The van der Waals surface area contributed by atoms with Gasteiger partial charge in [-0.05, 0) is 63.9 Å². The van der Waals surface area contributed by atoms with E-state index < -0.39 is 40.7 Å². The molecule has 11 nitrogen and oxygen atoms in total. The molecular formula is C34H35F3N6O5S. The second-order valence-corrected chi connectivity index (χ2v) is 13.6. The molecule has 1 N–H and O–H groups in total. The van der Waals surface area contributed by atoms with Crippen molar-refractivity contribution < 1.29 is 37.0 Å². The summed E-state index contributed by atoms with van der Waals surface area (Å²) in [5.74, 6) is -0.860. The number of amides is 2. The maximum atomic E-state index is 15.2. The third-order valence-corrected chi connectivity index (χ3v) is 8.99. The Morgan fingerprint density at radius 1 is 1.00 bits per heavy atom. The smallest absolute Gasteiger partial charge is 0.422 e. The summed E-state index contributed by atoms with van der Waals surface area (Å²) >= 11 is 1.20. The highest BCUT2D eigenvalue weighted by molar-refractivity contribution is 7.13. The number of hydrogen-bond donors (Lipinski definition) is 1. The maximum Gasteiger partial charge on any atom is 0.422 e. The minimum absolute atomic E-state index is 0.0360. The van der Waals surface area contributed by atoms with Crippen molar-refractivity contribution in [1.29, 1.82) is 0 Å². The number of morpholine rings is 1. The Bertz CT molecular complexity index is 1790. The molecule has 2 aromatic carbocycles. The van der Waals surface area contributed by atoms with Crippen LogP contribution in [0.3, 0.4) is 0 Å². The number of thiazole rings is 1. The molecule has 6 rings (SSSR count). The van der Waals surface area contributed by atoms with Crippen molar-refractivity contribution in [3.63, 3.8) is 0 Å². The van der Waals surface area contributed by atoms with Gasteiger partial charge in [0.1, 0.15) is 33.4 Å². The van der Waals surface area contributed by atoms with Gasteiger partial charge < -0.3 is 29.3 Å². The van der Waals surface area contributed by atoms with Crippen LogP contribution in [0.15, 0.2) is 66.3 Å². The Morgan fingerprint density at radius 3 is 2.43 bits per heavy atom. The van der Waals surface area contributed by atoms with Gasteiger partial charge in [0.2, 0.25) is 0 Å². The number of carbonyl (C=O) groups excluding carboxylic acids is 2. The van der Waals surface area contributed by atoms with E-state index in [0.717, 1.165) is 0 Å². The van der Waals surface area contributed by atoms with Crippen LogP contribution in [-0.4, -0.2) is 76.1 Å². The molecule has 4 heterocycles. The lowest BCUT2D eigenvalue weighted by Gasteiger charge is -2.48. The highest BCUT2D eigenvalue weighted by atomic mass is 32.1. The lowest BCUT2D eigenvalue weighted by Crippen LogP contribution is -2.58. The molecule has 258 valence electrons. The van der Waals surface area contributed by atoms with Gasteiger partial charge in [0.05, 0.1) is 36.0 Å². The van der Waals surface area contributed by atoms with E-state index in [0.29, 0.717) is 36.5 Å². The fourth-order valence-corrected chi connectivity index (χ4v) is 6.64. The molecule has 1 spiro atoms. The molecule has 0 aliphatic carbocycles. The van der Waals surface area contributed by atoms with Gasteiger partial charge in [0.15, 0.2) is 0 Å². The topological polar surface area (TPSA) is 119 Å². The molecular weight excluding hydrogens is 661 g/mol. The van der Waals surface area contributed by atoms with E-state index >= 15 is 13.2 Å². The van der Waals surface area contributed by atoms with Gasteiger partial charge in [0, 0.05) is 37.1 Å². The van der Waals surface area contributed by atoms with Gasteiger partial charge in [-0.15, -0.1) is 11.3 Å². The van der Waals surface area contributed by atoms with E-state index in [9.17, 15) is 9.59 Å². The summed E-state index contributed by atoms with van der Waals surface area (Å²) in [4.78, 5) is 33.8. The van der Waals surface area contributed by atoms with E-state index in [4.69, 9.17) is 14.2 Å². The van der Waals surface area contributed by atoms with Crippen LogP contribution in [0.5, 0.6) is 11.5 Å². The minimum atomic E-state index is -4.87. The summed E-state index contributed by atoms with van der Waals surface area (Å²) in [6.07, 6.45) is -1.54. The third kappa shape index (κ3) is 7.94. The number of carbonyl (C=O) groups is 2.